The summed E-state index contributed by atoms with van der Waals surface area (Å²) in [6, 6.07) is 7.82. The van der Waals surface area contributed by atoms with Crippen LogP contribution in [-0.2, 0) is 16.4 Å². The number of hydrogen-bond acceptors (Lipinski definition) is 4. The molecule has 2 N–H and O–H groups in total. The fourth-order valence-corrected chi connectivity index (χ4v) is 4.15. The van der Waals surface area contributed by atoms with Crippen LogP contribution in [0.3, 0.4) is 0 Å². The quantitative estimate of drug-likeness (QED) is 0.809. The largest absolute Gasteiger partial charge is 0.491 e. The van der Waals surface area contributed by atoms with Crippen LogP contribution in [0.15, 0.2) is 24.3 Å². The Balaban J connectivity index is 1.55. The average Bonchev–Trinajstić information content (AvgIpc) is 2.61. The first-order valence-electron chi connectivity index (χ1n) is 9.15. The molecule has 26 heavy (non-hydrogen) atoms. The monoisotopic (exact) mass is 381 g/mol. The van der Waals surface area contributed by atoms with Gasteiger partial charge in [0.15, 0.2) is 0 Å². The maximum Gasteiger partial charge on any atom is 0.317 e. The number of piperidine rings is 1. The number of carbonyl (C=O) groups is 1. The highest BCUT2D eigenvalue weighted by Gasteiger charge is 2.29. The predicted molar refractivity (Wildman–Crippen MR) is 99.8 cm³/mol. The smallest absolute Gasteiger partial charge is 0.317 e. The van der Waals surface area contributed by atoms with E-state index in [2.05, 4.69) is 10.0 Å². The highest BCUT2D eigenvalue weighted by atomic mass is 32.2. The predicted octanol–water partition coefficient (Wildman–Crippen LogP) is 1.49. The minimum atomic E-state index is -3.20. The zero-order valence-corrected chi connectivity index (χ0v) is 15.9. The number of amides is 2. The topological polar surface area (TPSA) is 87.7 Å². The molecule has 3 rings (SSSR count). The lowest BCUT2D eigenvalue weighted by Crippen LogP contribution is -2.54. The fourth-order valence-electron chi connectivity index (χ4n) is 3.66. The number of fused-ring (bicyclic) bond motifs is 1. The lowest BCUT2D eigenvalue weighted by Gasteiger charge is -2.37. The van der Waals surface area contributed by atoms with Gasteiger partial charge in [-0.1, -0.05) is 18.2 Å². The minimum absolute atomic E-state index is 0.0471. The van der Waals surface area contributed by atoms with Gasteiger partial charge in [0.05, 0.1) is 12.3 Å². The Labute approximate surface area is 155 Å². The number of benzene rings is 1. The van der Waals surface area contributed by atoms with Crippen LogP contribution in [0, 0.1) is 0 Å². The zero-order chi connectivity index (χ0) is 18.6. The van der Waals surface area contributed by atoms with E-state index in [4.69, 9.17) is 4.74 Å². The number of sulfonamides is 1. The van der Waals surface area contributed by atoms with Crippen molar-refractivity contribution >= 4 is 16.1 Å². The molecule has 1 saturated heterocycles. The van der Waals surface area contributed by atoms with E-state index in [1.54, 1.807) is 0 Å². The van der Waals surface area contributed by atoms with Crippen molar-refractivity contribution in [1.82, 2.24) is 14.9 Å². The molecule has 1 fully saturated rings. The van der Waals surface area contributed by atoms with Crippen LogP contribution in [0.5, 0.6) is 5.75 Å². The molecule has 2 heterocycles. The number of nitrogens with one attached hydrogen (secondary N) is 2. The molecule has 1 aromatic carbocycles. The van der Waals surface area contributed by atoms with Crippen molar-refractivity contribution in [2.75, 3.05) is 26.0 Å². The molecule has 2 aliphatic rings. The van der Waals surface area contributed by atoms with Crippen molar-refractivity contribution in [2.45, 2.75) is 44.2 Å². The van der Waals surface area contributed by atoms with Crippen molar-refractivity contribution < 1.29 is 17.9 Å². The Bertz CT molecular complexity index is 738. The Kier molecular flexibility index (Phi) is 6.03. The van der Waals surface area contributed by atoms with Crippen LogP contribution in [0.2, 0.25) is 0 Å². The summed E-state index contributed by atoms with van der Waals surface area (Å²) in [5.74, 6) is 0.890. The number of likely N-dealkylation sites (tertiary alicyclic amines) is 1. The van der Waals surface area contributed by atoms with E-state index in [0.717, 1.165) is 43.3 Å². The van der Waals surface area contributed by atoms with Crippen molar-refractivity contribution in [1.29, 1.82) is 0 Å². The first kappa shape index (κ1) is 19.0. The molecular formula is C18H27N3O4S. The lowest BCUT2D eigenvalue weighted by atomic mass is 9.99. The van der Waals surface area contributed by atoms with Crippen molar-refractivity contribution in [3.63, 3.8) is 0 Å². The molecule has 2 aliphatic heterocycles. The SMILES string of the molecule is CS(=O)(=O)NCC[C@@H]1CCCCN1C(=O)N[C@H]1COc2ccccc2C1. The molecule has 0 bridgehead atoms. The van der Waals surface area contributed by atoms with Crippen LogP contribution in [0.1, 0.15) is 31.2 Å². The van der Waals surface area contributed by atoms with E-state index in [1.807, 2.05) is 29.2 Å². The van der Waals surface area contributed by atoms with Crippen molar-refractivity contribution in [3.8, 4) is 5.75 Å². The zero-order valence-electron chi connectivity index (χ0n) is 15.1. The van der Waals surface area contributed by atoms with Gasteiger partial charge in [0.1, 0.15) is 12.4 Å². The van der Waals surface area contributed by atoms with E-state index < -0.39 is 10.0 Å². The molecule has 8 heteroatoms. The fraction of sp³-hybridized carbons (Fsp3) is 0.611. The van der Waals surface area contributed by atoms with Gasteiger partial charge in [-0.25, -0.2) is 17.9 Å². The Morgan fingerprint density at radius 3 is 2.92 bits per heavy atom. The molecule has 1 aromatic rings. The van der Waals surface area contributed by atoms with E-state index in [9.17, 15) is 13.2 Å². The summed E-state index contributed by atoms with van der Waals surface area (Å²) in [7, 11) is -3.20. The van der Waals surface area contributed by atoms with Gasteiger partial charge in [-0.15, -0.1) is 0 Å². The van der Waals surface area contributed by atoms with E-state index in [-0.39, 0.29) is 18.1 Å². The second-order valence-electron chi connectivity index (χ2n) is 7.07. The summed E-state index contributed by atoms with van der Waals surface area (Å²) in [6.07, 6.45) is 5.49. The van der Waals surface area contributed by atoms with Crippen molar-refractivity contribution in [3.05, 3.63) is 29.8 Å². The van der Waals surface area contributed by atoms with E-state index >= 15 is 0 Å². The first-order valence-corrected chi connectivity index (χ1v) is 11.0. The van der Waals surface area contributed by atoms with Gasteiger partial charge in [-0.05, 0) is 43.7 Å². The number of para-hydroxylation sites is 1. The second kappa shape index (κ2) is 8.26. The Morgan fingerprint density at radius 2 is 2.12 bits per heavy atom. The third-order valence-electron chi connectivity index (χ3n) is 4.94. The lowest BCUT2D eigenvalue weighted by molar-refractivity contribution is 0.138. The molecule has 0 aromatic heterocycles. The van der Waals surface area contributed by atoms with Crippen LogP contribution in [0.4, 0.5) is 4.79 Å². The normalized spacial score (nSPS) is 23.0. The number of ether oxygens (including phenoxy) is 1. The summed E-state index contributed by atoms with van der Waals surface area (Å²) < 4.78 is 30.7. The van der Waals surface area contributed by atoms with Gasteiger partial charge in [-0.3, -0.25) is 0 Å². The standard InChI is InChI=1S/C18H27N3O4S/c1-26(23,24)19-10-9-16-7-4-5-11-21(16)18(22)20-15-12-14-6-2-3-8-17(14)25-13-15/h2-3,6,8,15-16,19H,4-5,7,9-13H2,1H3,(H,20,22)/t15-,16+/m1/s1. The summed E-state index contributed by atoms with van der Waals surface area (Å²) in [5.41, 5.74) is 1.11. The molecule has 0 saturated carbocycles. The van der Waals surface area contributed by atoms with Crippen LogP contribution < -0.4 is 14.8 Å². The van der Waals surface area contributed by atoms with Gasteiger partial charge < -0.3 is 15.0 Å². The maximum atomic E-state index is 12.8. The van der Waals surface area contributed by atoms with Crippen LogP contribution in [-0.4, -0.2) is 57.4 Å². The summed E-state index contributed by atoms with van der Waals surface area (Å²) in [5, 5.41) is 3.09. The number of urea groups is 1. The number of carbonyl (C=O) groups excluding carboxylic acids is 1. The maximum absolute atomic E-state index is 12.8. The van der Waals surface area contributed by atoms with Gasteiger partial charge in [-0.2, -0.15) is 0 Å². The Morgan fingerprint density at radius 1 is 1.31 bits per heavy atom. The third-order valence-corrected chi connectivity index (χ3v) is 5.66. The second-order valence-corrected chi connectivity index (χ2v) is 8.90. The van der Waals surface area contributed by atoms with E-state index in [0.29, 0.717) is 26.1 Å². The molecule has 144 valence electrons. The molecule has 7 nitrogen and oxygen atoms in total. The number of rotatable bonds is 5. The van der Waals surface area contributed by atoms with Gasteiger partial charge >= 0.3 is 6.03 Å². The molecule has 0 spiro atoms. The van der Waals surface area contributed by atoms with Crippen molar-refractivity contribution in [2.24, 2.45) is 0 Å². The molecule has 2 atom stereocenters. The molecule has 2 amide bonds. The summed E-state index contributed by atoms with van der Waals surface area (Å²) in [6.45, 7) is 1.53. The molecule has 0 aliphatic carbocycles. The molecular weight excluding hydrogens is 354 g/mol. The molecule has 0 radical (unpaired) electrons. The summed E-state index contributed by atoms with van der Waals surface area (Å²) in [4.78, 5) is 14.6. The Hall–Kier alpha value is -1.80. The minimum Gasteiger partial charge on any atom is -0.491 e. The third kappa shape index (κ3) is 5.11. The van der Waals surface area contributed by atoms with Crippen LogP contribution in [0.25, 0.3) is 0 Å². The van der Waals surface area contributed by atoms with E-state index in [1.165, 1.54) is 0 Å². The number of hydrogen-bond donors (Lipinski definition) is 2. The molecule has 0 unspecified atom stereocenters. The van der Waals surface area contributed by atoms with Gasteiger partial charge in [0.25, 0.3) is 0 Å². The number of nitrogens with zero attached hydrogens (tertiary/aromatic N) is 1. The van der Waals surface area contributed by atoms with Gasteiger partial charge in [0, 0.05) is 19.1 Å². The average molecular weight is 381 g/mol. The highest BCUT2D eigenvalue weighted by Crippen LogP contribution is 2.25. The highest BCUT2D eigenvalue weighted by molar-refractivity contribution is 7.88. The summed E-state index contributed by atoms with van der Waals surface area (Å²) >= 11 is 0. The first-order chi connectivity index (χ1) is 12.4. The van der Waals surface area contributed by atoms with Gasteiger partial charge in [0.2, 0.25) is 10.0 Å². The van der Waals surface area contributed by atoms with Crippen LogP contribution >= 0.6 is 0 Å².